The Kier molecular flexibility index (Phi) is 5.11. The number of carbonyl (C=O) groups is 1. The highest BCUT2D eigenvalue weighted by atomic mass is 79.9. The molecule has 0 atom stereocenters. The van der Waals surface area contributed by atoms with Crippen LogP contribution in [0.25, 0.3) is 0 Å². The van der Waals surface area contributed by atoms with E-state index in [9.17, 15) is 14.9 Å². The van der Waals surface area contributed by atoms with E-state index >= 15 is 0 Å². The molecule has 1 aliphatic heterocycles. The number of hydrogen-bond acceptors (Lipinski definition) is 5. The Morgan fingerprint density at radius 1 is 1.52 bits per heavy atom. The predicted octanol–water partition coefficient (Wildman–Crippen LogP) is 2.49. The van der Waals surface area contributed by atoms with Crippen molar-refractivity contribution in [2.75, 3.05) is 25.0 Å². The lowest BCUT2D eigenvalue weighted by Gasteiger charge is -2.15. The van der Waals surface area contributed by atoms with E-state index in [-0.39, 0.29) is 11.6 Å². The molecule has 0 saturated carbocycles. The molecular formula is C13H17BrN4O3. The molecule has 1 saturated heterocycles. The molecule has 0 radical (unpaired) electrons. The van der Waals surface area contributed by atoms with Crippen molar-refractivity contribution in [2.45, 2.75) is 26.2 Å². The van der Waals surface area contributed by atoms with Crippen molar-refractivity contribution in [3.8, 4) is 0 Å². The minimum Gasteiger partial charge on any atom is -0.369 e. The summed E-state index contributed by atoms with van der Waals surface area (Å²) in [5.41, 5.74) is 0.490. The maximum absolute atomic E-state index is 11.9. The lowest BCUT2D eigenvalue weighted by molar-refractivity contribution is -0.385. The van der Waals surface area contributed by atoms with Crippen molar-refractivity contribution >= 4 is 33.3 Å². The molecule has 2 heterocycles. The summed E-state index contributed by atoms with van der Waals surface area (Å²) in [5, 5.41) is 13.9. The number of halogens is 1. The van der Waals surface area contributed by atoms with Gasteiger partial charge in [0, 0.05) is 31.6 Å². The topological polar surface area (TPSA) is 88.4 Å². The van der Waals surface area contributed by atoms with Gasteiger partial charge in [-0.05, 0) is 35.7 Å². The van der Waals surface area contributed by atoms with Gasteiger partial charge in [0.1, 0.15) is 12.0 Å². The summed E-state index contributed by atoms with van der Waals surface area (Å²) in [4.78, 5) is 28.1. The predicted molar refractivity (Wildman–Crippen MR) is 82.2 cm³/mol. The van der Waals surface area contributed by atoms with Gasteiger partial charge < -0.3 is 10.2 Å². The fourth-order valence-corrected chi connectivity index (χ4v) is 2.73. The molecule has 0 aromatic carbocycles. The van der Waals surface area contributed by atoms with Crippen molar-refractivity contribution in [3.63, 3.8) is 0 Å². The second-order valence-corrected chi connectivity index (χ2v) is 5.75. The van der Waals surface area contributed by atoms with E-state index in [1.54, 1.807) is 6.92 Å². The van der Waals surface area contributed by atoms with Crippen LogP contribution in [-0.4, -0.2) is 40.3 Å². The van der Waals surface area contributed by atoms with Crippen molar-refractivity contribution in [3.05, 3.63) is 26.3 Å². The van der Waals surface area contributed by atoms with Crippen LogP contribution in [0.2, 0.25) is 0 Å². The number of anilines is 1. The SMILES string of the molecule is Cc1c([N+](=O)[O-])cnc(NCCC(=O)N2CCCC2)c1Br. The summed E-state index contributed by atoms with van der Waals surface area (Å²) in [6.07, 6.45) is 3.77. The number of pyridine rings is 1. The second-order valence-electron chi connectivity index (χ2n) is 4.95. The van der Waals surface area contributed by atoms with Gasteiger partial charge in [-0.3, -0.25) is 14.9 Å². The van der Waals surface area contributed by atoms with Gasteiger partial charge in [0.25, 0.3) is 5.69 Å². The fourth-order valence-electron chi connectivity index (χ4n) is 2.29. The zero-order valence-corrected chi connectivity index (χ0v) is 13.4. The van der Waals surface area contributed by atoms with Crippen LogP contribution < -0.4 is 5.32 Å². The molecule has 114 valence electrons. The van der Waals surface area contributed by atoms with E-state index < -0.39 is 4.92 Å². The molecule has 21 heavy (non-hydrogen) atoms. The van der Waals surface area contributed by atoms with Crippen molar-refractivity contribution in [1.29, 1.82) is 0 Å². The smallest absolute Gasteiger partial charge is 0.291 e. The Morgan fingerprint density at radius 3 is 2.81 bits per heavy atom. The van der Waals surface area contributed by atoms with Gasteiger partial charge in [0.15, 0.2) is 0 Å². The standard InChI is InChI=1S/C13H17BrN4O3/c1-9-10(18(20)21)8-16-13(12(9)14)15-5-4-11(19)17-6-2-3-7-17/h8H,2-7H2,1H3,(H,15,16). The average molecular weight is 357 g/mol. The van der Waals surface area contributed by atoms with E-state index in [4.69, 9.17) is 0 Å². The quantitative estimate of drug-likeness (QED) is 0.646. The monoisotopic (exact) mass is 356 g/mol. The van der Waals surface area contributed by atoms with Crippen molar-refractivity contribution in [1.82, 2.24) is 9.88 Å². The summed E-state index contributed by atoms with van der Waals surface area (Å²) in [6, 6.07) is 0. The highest BCUT2D eigenvalue weighted by Gasteiger charge is 2.19. The van der Waals surface area contributed by atoms with Gasteiger partial charge >= 0.3 is 0 Å². The Bertz CT molecular complexity index is 559. The Hall–Kier alpha value is -1.70. The third kappa shape index (κ3) is 3.69. The van der Waals surface area contributed by atoms with E-state index in [0.717, 1.165) is 25.9 Å². The molecule has 0 spiro atoms. The molecule has 1 fully saturated rings. The van der Waals surface area contributed by atoms with Crippen LogP contribution in [0.1, 0.15) is 24.8 Å². The van der Waals surface area contributed by atoms with Gasteiger partial charge in [-0.2, -0.15) is 0 Å². The highest BCUT2D eigenvalue weighted by molar-refractivity contribution is 9.10. The van der Waals surface area contributed by atoms with Crippen LogP contribution in [0.4, 0.5) is 11.5 Å². The molecule has 7 nitrogen and oxygen atoms in total. The molecule has 0 unspecified atom stereocenters. The first kappa shape index (κ1) is 15.7. The summed E-state index contributed by atoms with van der Waals surface area (Å²) < 4.78 is 0.560. The van der Waals surface area contributed by atoms with E-state index in [0.29, 0.717) is 28.8 Å². The van der Waals surface area contributed by atoms with E-state index in [2.05, 4.69) is 26.2 Å². The van der Waals surface area contributed by atoms with Crippen LogP contribution in [-0.2, 0) is 4.79 Å². The zero-order valence-electron chi connectivity index (χ0n) is 11.8. The number of amides is 1. The third-order valence-corrected chi connectivity index (χ3v) is 4.49. The first-order chi connectivity index (χ1) is 10.0. The van der Waals surface area contributed by atoms with E-state index in [1.165, 1.54) is 6.20 Å². The van der Waals surface area contributed by atoms with Gasteiger partial charge in [-0.25, -0.2) is 4.98 Å². The van der Waals surface area contributed by atoms with Gasteiger partial charge in [0.05, 0.1) is 9.40 Å². The largest absolute Gasteiger partial charge is 0.369 e. The lowest BCUT2D eigenvalue weighted by Crippen LogP contribution is -2.29. The Labute approximate surface area is 131 Å². The molecule has 1 aromatic heterocycles. The Morgan fingerprint density at radius 2 is 2.19 bits per heavy atom. The summed E-state index contributed by atoms with van der Waals surface area (Å²) in [7, 11) is 0. The molecule has 0 aliphatic carbocycles. The number of carbonyl (C=O) groups excluding carboxylic acids is 1. The number of aromatic nitrogens is 1. The molecule has 0 bridgehead atoms. The lowest BCUT2D eigenvalue weighted by atomic mass is 10.2. The van der Waals surface area contributed by atoms with Gasteiger partial charge in [0.2, 0.25) is 5.91 Å². The number of nitrogens with one attached hydrogen (secondary N) is 1. The number of likely N-dealkylation sites (tertiary alicyclic amines) is 1. The molecular weight excluding hydrogens is 340 g/mol. The van der Waals surface area contributed by atoms with Gasteiger partial charge in [-0.1, -0.05) is 0 Å². The van der Waals surface area contributed by atoms with Crippen molar-refractivity contribution < 1.29 is 9.72 Å². The molecule has 1 aromatic rings. The van der Waals surface area contributed by atoms with Crippen LogP contribution in [0.5, 0.6) is 0 Å². The molecule has 1 amide bonds. The highest BCUT2D eigenvalue weighted by Crippen LogP contribution is 2.30. The molecule has 1 N–H and O–H groups in total. The number of hydrogen-bond donors (Lipinski definition) is 1. The maximum Gasteiger partial charge on any atom is 0.291 e. The molecule has 8 heteroatoms. The van der Waals surface area contributed by atoms with Gasteiger partial charge in [-0.15, -0.1) is 0 Å². The number of nitro groups is 1. The first-order valence-electron chi connectivity index (χ1n) is 6.82. The third-order valence-electron chi connectivity index (χ3n) is 3.52. The Balaban J connectivity index is 1.93. The summed E-state index contributed by atoms with van der Waals surface area (Å²) in [6.45, 7) is 3.80. The van der Waals surface area contributed by atoms with Crippen molar-refractivity contribution in [2.24, 2.45) is 0 Å². The molecule has 2 rings (SSSR count). The number of nitrogens with zero attached hydrogens (tertiary/aromatic N) is 3. The first-order valence-corrected chi connectivity index (χ1v) is 7.61. The normalized spacial score (nSPS) is 14.3. The summed E-state index contributed by atoms with van der Waals surface area (Å²) >= 11 is 3.31. The fraction of sp³-hybridized carbons (Fsp3) is 0.538. The average Bonchev–Trinajstić information content (AvgIpc) is 2.97. The maximum atomic E-state index is 11.9. The number of rotatable bonds is 5. The van der Waals surface area contributed by atoms with E-state index in [1.807, 2.05) is 4.90 Å². The van der Waals surface area contributed by atoms with Crippen LogP contribution >= 0.6 is 15.9 Å². The van der Waals surface area contributed by atoms with Crippen LogP contribution in [0.15, 0.2) is 10.7 Å². The van der Waals surface area contributed by atoms with Crippen LogP contribution in [0, 0.1) is 17.0 Å². The zero-order chi connectivity index (χ0) is 15.4. The second kappa shape index (κ2) is 6.84. The minimum absolute atomic E-state index is 0.0273. The van der Waals surface area contributed by atoms with Crippen LogP contribution in [0.3, 0.4) is 0 Å². The summed E-state index contributed by atoms with van der Waals surface area (Å²) in [5.74, 6) is 0.655. The molecule has 1 aliphatic rings. The minimum atomic E-state index is -0.465.